The molecule has 0 unspecified atom stereocenters. The second-order valence-electron chi connectivity index (χ2n) is 8.87. The third-order valence-electron chi connectivity index (χ3n) is 6.64. The van der Waals surface area contributed by atoms with E-state index >= 15 is 0 Å². The highest BCUT2D eigenvalue weighted by Gasteiger charge is 2.53. The van der Waals surface area contributed by atoms with Crippen LogP contribution in [-0.4, -0.2) is 39.0 Å². The molecule has 1 aromatic carbocycles. The Kier molecular flexibility index (Phi) is 5.40. The van der Waals surface area contributed by atoms with Crippen molar-refractivity contribution in [2.75, 3.05) is 17.6 Å². The van der Waals surface area contributed by atoms with Crippen molar-refractivity contribution >= 4 is 29.0 Å². The summed E-state index contributed by atoms with van der Waals surface area (Å²) in [6, 6.07) is 3.41. The van der Waals surface area contributed by atoms with Crippen molar-refractivity contribution in [2.45, 2.75) is 63.1 Å². The molecule has 3 N–H and O–H groups in total. The summed E-state index contributed by atoms with van der Waals surface area (Å²) in [6.45, 7) is 0.837. The average Bonchev–Trinajstić information content (AvgIpc) is 3.38. The minimum absolute atomic E-state index is 0.0142. The van der Waals surface area contributed by atoms with E-state index in [4.69, 9.17) is 22.1 Å². The minimum Gasteiger partial charge on any atom is -0.399 e. The van der Waals surface area contributed by atoms with Crippen LogP contribution in [0.15, 0.2) is 18.2 Å². The van der Waals surface area contributed by atoms with E-state index < -0.39 is 17.3 Å². The van der Waals surface area contributed by atoms with E-state index in [2.05, 4.69) is 15.3 Å². The molecule has 1 aromatic heterocycles. The summed E-state index contributed by atoms with van der Waals surface area (Å²) in [5.74, 6) is 0.382. The molecule has 4 heterocycles. The topological polar surface area (TPSA) is 93.4 Å². The van der Waals surface area contributed by atoms with E-state index in [-0.39, 0.29) is 36.1 Å². The van der Waals surface area contributed by atoms with Gasteiger partial charge in [0, 0.05) is 30.8 Å². The molecule has 5 rings (SSSR count). The molecular formula is C22H23ClF3N5O2. The average molecular weight is 482 g/mol. The van der Waals surface area contributed by atoms with Gasteiger partial charge in [-0.2, -0.15) is 13.2 Å². The SMILES string of the molecule is Nc1cc(CNc2nc(Cl)nc3c2CN(C(=O)C24CCC(CC2)O4)CC3)cc(C(F)(F)F)c1. The number of hydrogen-bond donors (Lipinski definition) is 2. The van der Waals surface area contributed by atoms with Crippen LogP contribution in [0.2, 0.25) is 5.28 Å². The van der Waals surface area contributed by atoms with Gasteiger partial charge < -0.3 is 20.7 Å². The number of nitrogen functional groups attached to an aromatic ring is 1. The standard InChI is InChI=1S/C22H23ClF3N5O2/c23-20-29-17-3-6-31(19(32)21-4-1-15(33-21)2-5-21)11-16(17)18(30-20)28-10-12-7-13(22(24,25)26)9-14(27)8-12/h7-9,15H,1-6,10-11,27H2,(H,28,29,30). The van der Waals surface area contributed by atoms with Gasteiger partial charge in [0.05, 0.1) is 23.9 Å². The number of halogens is 4. The fourth-order valence-corrected chi connectivity index (χ4v) is 5.22. The third kappa shape index (κ3) is 4.21. The van der Waals surface area contributed by atoms with Gasteiger partial charge in [0.2, 0.25) is 5.28 Å². The maximum absolute atomic E-state index is 13.3. The molecule has 2 saturated heterocycles. The van der Waals surface area contributed by atoms with Crippen LogP contribution in [0.1, 0.15) is 48.1 Å². The molecule has 0 saturated carbocycles. The number of aromatic nitrogens is 2. The van der Waals surface area contributed by atoms with Gasteiger partial charge in [-0.05, 0) is 61.0 Å². The van der Waals surface area contributed by atoms with Gasteiger partial charge in [0.15, 0.2) is 0 Å². The zero-order chi connectivity index (χ0) is 23.4. The first kappa shape index (κ1) is 22.2. The lowest BCUT2D eigenvalue weighted by Crippen LogP contribution is -2.49. The Morgan fingerprint density at radius 1 is 1.27 bits per heavy atom. The predicted octanol–water partition coefficient (Wildman–Crippen LogP) is 3.94. The Labute approximate surface area is 193 Å². The molecule has 7 nitrogen and oxygen atoms in total. The number of rotatable bonds is 4. The van der Waals surface area contributed by atoms with Gasteiger partial charge in [0.1, 0.15) is 11.4 Å². The molecule has 33 heavy (non-hydrogen) atoms. The van der Waals surface area contributed by atoms with E-state index in [1.54, 1.807) is 4.90 Å². The van der Waals surface area contributed by atoms with Crippen molar-refractivity contribution in [3.05, 3.63) is 45.9 Å². The highest BCUT2D eigenvalue weighted by Crippen LogP contribution is 2.45. The van der Waals surface area contributed by atoms with Crippen molar-refractivity contribution in [2.24, 2.45) is 0 Å². The Balaban J connectivity index is 1.37. The second-order valence-corrected chi connectivity index (χ2v) is 9.21. The van der Waals surface area contributed by atoms with E-state index in [1.165, 1.54) is 6.07 Å². The molecule has 3 aliphatic rings. The van der Waals surface area contributed by atoms with Gasteiger partial charge >= 0.3 is 6.18 Å². The summed E-state index contributed by atoms with van der Waals surface area (Å²) in [5, 5.41) is 3.11. The van der Waals surface area contributed by atoms with Crippen LogP contribution in [0.4, 0.5) is 24.7 Å². The fourth-order valence-electron chi connectivity index (χ4n) is 5.04. The second kappa shape index (κ2) is 8.02. The fraction of sp³-hybridized carbons (Fsp3) is 0.500. The number of carbonyl (C=O) groups excluding carboxylic acids is 1. The van der Waals surface area contributed by atoms with Crippen LogP contribution in [0.25, 0.3) is 0 Å². The van der Waals surface area contributed by atoms with Crippen LogP contribution in [0.5, 0.6) is 0 Å². The molecule has 2 bridgehead atoms. The van der Waals surface area contributed by atoms with Gasteiger partial charge in [-0.15, -0.1) is 0 Å². The van der Waals surface area contributed by atoms with Crippen molar-refractivity contribution in [1.82, 2.24) is 14.9 Å². The Hall–Kier alpha value is -2.59. The summed E-state index contributed by atoms with van der Waals surface area (Å²) < 4.78 is 45.4. The first-order valence-corrected chi connectivity index (χ1v) is 11.2. The van der Waals surface area contributed by atoms with Crippen LogP contribution in [-0.2, 0) is 35.2 Å². The lowest BCUT2D eigenvalue weighted by Gasteiger charge is -2.35. The van der Waals surface area contributed by atoms with E-state index in [9.17, 15) is 18.0 Å². The number of nitrogens with two attached hydrogens (primary N) is 1. The number of alkyl halides is 3. The number of anilines is 2. The van der Waals surface area contributed by atoms with Crippen LogP contribution < -0.4 is 11.1 Å². The molecule has 176 valence electrons. The number of ether oxygens (including phenoxy) is 1. The van der Waals surface area contributed by atoms with Gasteiger partial charge in [-0.25, -0.2) is 9.97 Å². The van der Waals surface area contributed by atoms with E-state index in [1.807, 2.05) is 0 Å². The van der Waals surface area contributed by atoms with Crippen LogP contribution in [0.3, 0.4) is 0 Å². The minimum atomic E-state index is -4.50. The maximum atomic E-state index is 13.3. The molecule has 0 spiro atoms. The zero-order valence-corrected chi connectivity index (χ0v) is 18.5. The number of fused-ring (bicyclic) bond motifs is 3. The smallest absolute Gasteiger partial charge is 0.399 e. The molecule has 0 atom stereocenters. The van der Waals surface area contributed by atoms with Crippen molar-refractivity contribution < 1.29 is 22.7 Å². The normalized spacial score (nSPS) is 24.1. The molecule has 11 heteroatoms. The largest absolute Gasteiger partial charge is 0.416 e. The lowest BCUT2D eigenvalue weighted by atomic mass is 9.87. The first-order valence-electron chi connectivity index (χ1n) is 10.9. The molecule has 2 fully saturated rings. The number of carbonyl (C=O) groups is 1. The highest BCUT2D eigenvalue weighted by atomic mass is 35.5. The van der Waals surface area contributed by atoms with E-state index in [0.29, 0.717) is 29.9 Å². The van der Waals surface area contributed by atoms with Gasteiger partial charge in [0.25, 0.3) is 5.91 Å². The molecule has 1 amide bonds. The molecule has 3 aliphatic heterocycles. The highest BCUT2D eigenvalue weighted by molar-refractivity contribution is 6.28. The Bertz CT molecular complexity index is 1100. The molecule has 0 radical (unpaired) electrons. The van der Waals surface area contributed by atoms with Crippen molar-refractivity contribution in [3.63, 3.8) is 0 Å². The molecular weight excluding hydrogens is 459 g/mol. The Morgan fingerprint density at radius 3 is 2.70 bits per heavy atom. The first-order chi connectivity index (χ1) is 15.6. The number of nitrogens with one attached hydrogen (secondary N) is 1. The number of hydrogen-bond acceptors (Lipinski definition) is 6. The predicted molar refractivity (Wildman–Crippen MR) is 115 cm³/mol. The summed E-state index contributed by atoms with van der Waals surface area (Å²) >= 11 is 6.09. The monoisotopic (exact) mass is 481 g/mol. The quantitative estimate of drug-likeness (QED) is 0.507. The summed E-state index contributed by atoms with van der Waals surface area (Å²) in [6.07, 6.45) is -0.538. The van der Waals surface area contributed by atoms with Crippen molar-refractivity contribution in [1.29, 1.82) is 0 Å². The molecule has 0 aliphatic carbocycles. The Morgan fingerprint density at radius 2 is 2.03 bits per heavy atom. The van der Waals surface area contributed by atoms with Crippen LogP contribution >= 0.6 is 11.6 Å². The maximum Gasteiger partial charge on any atom is 0.416 e. The van der Waals surface area contributed by atoms with E-state index in [0.717, 1.165) is 43.5 Å². The third-order valence-corrected chi connectivity index (χ3v) is 6.81. The summed E-state index contributed by atoms with van der Waals surface area (Å²) in [5.41, 5.74) is 5.94. The lowest BCUT2D eigenvalue weighted by molar-refractivity contribution is -0.152. The van der Waals surface area contributed by atoms with Crippen LogP contribution in [0, 0.1) is 0 Å². The van der Waals surface area contributed by atoms with Gasteiger partial charge in [-0.1, -0.05) is 0 Å². The summed E-state index contributed by atoms with van der Waals surface area (Å²) in [7, 11) is 0. The summed E-state index contributed by atoms with van der Waals surface area (Å²) in [4.78, 5) is 23.6. The number of benzene rings is 1. The zero-order valence-electron chi connectivity index (χ0n) is 17.7. The number of amides is 1. The molecule has 2 aromatic rings. The van der Waals surface area contributed by atoms with Crippen molar-refractivity contribution in [3.8, 4) is 0 Å². The number of nitrogens with zero attached hydrogens (tertiary/aromatic N) is 3. The van der Waals surface area contributed by atoms with Gasteiger partial charge in [-0.3, -0.25) is 4.79 Å².